The van der Waals surface area contributed by atoms with Crippen LogP contribution in [0.4, 0.5) is 0 Å². The third-order valence-corrected chi connectivity index (χ3v) is 11.2. The Morgan fingerprint density at radius 1 is 0.615 bits per heavy atom. The van der Waals surface area contributed by atoms with Crippen LogP contribution in [0.3, 0.4) is 0 Å². The van der Waals surface area contributed by atoms with Crippen molar-refractivity contribution in [3.05, 3.63) is 114 Å². The molecule has 5 nitrogen and oxygen atoms in total. The molecule has 0 aliphatic heterocycles. The van der Waals surface area contributed by atoms with Crippen LogP contribution in [0.25, 0.3) is 6.08 Å². The lowest BCUT2D eigenvalue weighted by molar-refractivity contribution is -0.135. The number of aryl methyl sites for hydroxylation is 1. The molecule has 4 aromatic rings. The zero-order chi connectivity index (χ0) is 27.8. The maximum atomic E-state index is 13.3. The zero-order valence-corrected chi connectivity index (χ0v) is 23.9. The van der Waals surface area contributed by atoms with Crippen LogP contribution in [0.5, 0.6) is 17.2 Å². The van der Waals surface area contributed by atoms with E-state index in [1.165, 1.54) is 7.11 Å². The van der Waals surface area contributed by atoms with Crippen molar-refractivity contribution < 1.29 is 23.7 Å². The highest BCUT2D eigenvalue weighted by Crippen LogP contribution is 2.57. The number of methoxy groups -OCH3 is 4. The van der Waals surface area contributed by atoms with Crippen molar-refractivity contribution in [2.24, 2.45) is 0 Å². The summed E-state index contributed by atoms with van der Waals surface area (Å²) in [5.74, 6) is 1.95. The van der Waals surface area contributed by atoms with Crippen LogP contribution in [-0.2, 0) is 9.53 Å². The maximum absolute atomic E-state index is 13.3. The van der Waals surface area contributed by atoms with Gasteiger partial charge in [-0.15, -0.1) is 0 Å². The van der Waals surface area contributed by atoms with Crippen LogP contribution in [0, 0.1) is 6.92 Å². The standard InChI is InChI=1S/C33H34O5P/c1-24-6-8-25(9-7-24)22-26(33(34)38-5)23-39(30-16-10-27(35-2)11-17-30,31-18-12-28(36-3)13-19-31)32-20-14-29(37-4)15-21-32/h6-22H,23H2,1-5H3/q+1/b26-22+. The molecule has 0 bridgehead atoms. The second-order valence-corrected chi connectivity index (χ2v) is 12.6. The van der Waals surface area contributed by atoms with Gasteiger partial charge in [-0.2, -0.15) is 0 Å². The lowest BCUT2D eigenvalue weighted by Crippen LogP contribution is -2.35. The molecule has 0 aliphatic carbocycles. The molecule has 6 heteroatoms. The van der Waals surface area contributed by atoms with Crippen LogP contribution in [0.1, 0.15) is 11.1 Å². The van der Waals surface area contributed by atoms with E-state index in [2.05, 4.69) is 36.4 Å². The van der Waals surface area contributed by atoms with E-state index >= 15 is 0 Å². The Bertz CT molecular complexity index is 1290. The van der Waals surface area contributed by atoms with Gasteiger partial charge in [0.2, 0.25) is 0 Å². The van der Waals surface area contributed by atoms with Crippen molar-refractivity contribution in [3.8, 4) is 17.2 Å². The molecule has 0 fully saturated rings. The molecule has 0 spiro atoms. The molecule has 0 amide bonds. The number of rotatable bonds is 10. The summed E-state index contributed by atoms with van der Waals surface area (Å²) < 4.78 is 21.7. The van der Waals surface area contributed by atoms with E-state index in [0.29, 0.717) is 11.7 Å². The van der Waals surface area contributed by atoms with Crippen molar-refractivity contribution in [2.75, 3.05) is 34.6 Å². The van der Waals surface area contributed by atoms with E-state index in [4.69, 9.17) is 18.9 Å². The summed E-state index contributed by atoms with van der Waals surface area (Å²) in [5, 5.41) is 3.33. The van der Waals surface area contributed by atoms with Gasteiger partial charge in [0.15, 0.2) is 0 Å². The largest absolute Gasteiger partial charge is 0.497 e. The monoisotopic (exact) mass is 541 g/mol. The second-order valence-electron chi connectivity index (χ2n) is 9.13. The van der Waals surface area contributed by atoms with Gasteiger partial charge < -0.3 is 18.9 Å². The molecule has 0 saturated heterocycles. The van der Waals surface area contributed by atoms with E-state index in [1.54, 1.807) is 21.3 Å². The van der Waals surface area contributed by atoms with E-state index in [0.717, 1.165) is 44.3 Å². The minimum atomic E-state index is -2.45. The van der Waals surface area contributed by atoms with Gasteiger partial charge in [0.25, 0.3) is 0 Å². The molecule has 4 aromatic carbocycles. The van der Waals surface area contributed by atoms with Crippen LogP contribution in [-0.4, -0.2) is 40.6 Å². The maximum Gasteiger partial charge on any atom is 0.337 e. The van der Waals surface area contributed by atoms with Gasteiger partial charge in [-0.3, -0.25) is 0 Å². The van der Waals surface area contributed by atoms with Gasteiger partial charge in [-0.25, -0.2) is 4.79 Å². The number of carbonyl (C=O) groups is 1. The Morgan fingerprint density at radius 3 is 1.33 bits per heavy atom. The lowest BCUT2D eigenvalue weighted by atomic mass is 10.1. The van der Waals surface area contributed by atoms with Gasteiger partial charge in [0.05, 0.1) is 34.0 Å². The topological polar surface area (TPSA) is 54.0 Å². The number of ether oxygens (including phenoxy) is 4. The SMILES string of the molecule is COC(=O)/C(=C/c1ccc(C)cc1)C[P+](c1ccc(OC)cc1)(c1ccc(OC)cc1)c1ccc(OC)cc1. The van der Waals surface area contributed by atoms with Crippen molar-refractivity contribution in [3.63, 3.8) is 0 Å². The average Bonchev–Trinajstić information content (AvgIpc) is 3.00. The highest BCUT2D eigenvalue weighted by atomic mass is 31.2. The van der Waals surface area contributed by atoms with Crippen LogP contribution in [0.2, 0.25) is 0 Å². The van der Waals surface area contributed by atoms with Gasteiger partial charge in [-0.1, -0.05) is 29.8 Å². The summed E-state index contributed by atoms with van der Waals surface area (Å²) in [6.07, 6.45) is 2.40. The van der Waals surface area contributed by atoms with Crippen LogP contribution >= 0.6 is 7.26 Å². The molecule has 200 valence electrons. The minimum absolute atomic E-state index is 0.351. The van der Waals surface area contributed by atoms with Crippen molar-refractivity contribution in [1.82, 2.24) is 0 Å². The van der Waals surface area contributed by atoms with Gasteiger partial charge in [0.1, 0.15) is 46.6 Å². The Balaban J connectivity index is 2.01. The summed E-state index contributed by atoms with van der Waals surface area (Å²) in [5.41, 5.74) is 2.69. The first kappa shape index (κ1) is 27.9. The third kappa shape index (κ3) is 6.16. The number of hydrogen-bond acceptors (Lipinski definition) is 5. The van der Waals surface area contributed by atoms with E-state index < -0.39 is 7.26 Å². The molecular formula is C33H34O5P+. The molecule has 0 saturated carbocycles. The molecule has 39 heavy (non-hydrogen) atoms. The van der Waals surface area contributed by atoms with Crippen molar-refractivity contribution in [2.45, 2.75) is 6.92 Å². The van der Waals surface area contributed by atoms with E-state index in [-0.39, 0.29) is 5.97 Å². The predicted octanol–water partition coefficient (Wildman–Crippen LogP) is 5.57. The first-order valence-electron chi connectivity index (χ1n) is 12.6. The Hall–Kier alpha value is -4.08. The van der Waals surface area contributed by atoms with Crippen LogP contribution < -0.4 is 30.1 Å². The summed E-state index contributed by atoms with van der Waals surface area (Å²) in [4.78, 5) is 13.3. The quantitative estimate of drug-likeness (QED) is 0.149. The summed E-state index contributed by atoms with van der Waals surface area (Å²) in [6.45, 7) is 2.04. The molecule has 0 unspecified atom stereocenters. The average molecular weight is 542 g/mol. The molecule has 0 aliphatic rings. The molecular weight excluding hydrogens is 507 g/mol. The van der Waals surface area contributed by atoms with Gasteiger partial charge in [-0.05, 0) is 91.4 Å². The number of hydrogen-bond donors (Lipinski definition) is 0. The molecule has 0 aromatic heterocycles. The summed E-state index contributed by atoms with van der Waals surface area (Å²) in [6, 6.07) is 32.5. The first-order chi connectivity index (χ1) is 18.9. The highest BCUT2D eigenvalue weighted by Gasteiger charge is 2.47. The fourth-order valence-corrected chi connectivity index (χ4v) is 8.80. The Labute approximate surface area is 231 Å². The first-order valence-corrected chi connectivity index (χ1v) is 14.6. The molecule has 0 atom stereocenters. The number of esters is 1. The normalized spacial score (nSPS) is 11.6. The predicted molar refractivity (Wildman–Crippen MR) is 161 cm³/mol. The smallest absolute Gasteiger partial charge is 0.337 e. The lowest BCUT2D eigenvalue weighted by Gasteiger charge is -2.28. The second kappa shape index (κ2) is 12.6. The van der Waals surface area contributed by atoms with E-state index in [1.807, 2.05) is 73.7 Å². The number of carbonyl (C=O) groups excluding carboxylic acids is 1. The van der Waals surface area contributed by atoms with Gasteiger partial charge >= 0.3 is 5.97 Å². The van der Waals surface area contributed by atoms with Crippen molar-refractivity contribution >= 4 is 35.2 Å². The fourth-order valence-electron chi connectivity index (χ4n) is 4.65. The highest BCUT2D eigenvalue weighted by molar-refractivity contribution is 7.95. The zero-order valence-electron chi connectivity index (χ0n) is 23.0. The molecule has 0 heterocycles. The Kier molecular flexibility index (Phi) is 9.06. The fraction of sp³-hybridized carbons (Fsp3) is 0.182. The van der Waals surface area contributed by atoms with Crippen molar-refractivity contribution in [1.29, 1.82) is 0 Å². The van der Waals surface area contributed by atoms with Gasteiger partial charge in [0, 0.05) is 0 Å². The molecule has 4 rings (SSSR count). The van der Waals surface area contributed by atoms with E-state index in [9.17, 15) is 4.79 Å². The third-order valence-electron chi connectivity index (χ3n) is 6.81. The van der Waals surface area contributed by atoms with Crippen LogP contribution in [0.15, 0.2) is 103 Å². The summed E-state index contributed by atoms with van der Waals surface area (Å²) in [7, 11) is 3.95. The molecule has 0 N–H and O–H groups in total. The minimum Gasteiger partial charge on any atom is -0.497 e. The summed E-state index contributed by atoms with van der Waals surface area (Å²) >= 11 is 0. The Morgan fingerprint density at radius 2 is 1.00 bits per heavy atom. The number of benzene rings is 4. The molecule has 0 radical (unpaired) electrons.